The van der Waals surface area contributed by atoms with Gasteiger partial charge in [0.25, 0.3) is 0 Å². The van der Waals surface area contributed by atoms with Crippen LogP contribution in [-0.4, -0.2) is 92.3 Å². The number of nitrogens with zero attached hydrogens (tertiary/aromatic N) is 6. The third kappa shape index (κ3) is 6.56. The molecule has 1 spiro atoms. The summed E-state index contributed by atoms with van der Waals surface area (Å²) in [6.07, 6.45) is 9.64. The summed E-state index contributed by atoms with van der Waals surface area (Å²) in [5.74, 6) is 1.77. The van der Waals surface area contributed by atoms with E-state index in [1.807, 2.05) is 12.3 Å². The molecule has 5 heterocycles. The highest BCUT2D eigenvalue weighted by atomic mass is 35.5. The molecule has 1 unspecified atom stereocenters. The van der Waals surface area contributed by atoms with Gasteiger partial charge in [-0.2, -0.15) is 5.10 Å². The van der Waals surface area contributed by atoms with Crippen LogP contribution in [0.1, 0.15) is 72.3 Å². The summed E-state index contributed by atoms with van der Waals surface area (Å²) in [6, 6.07) is 2.21. The van der Waals surface area contributed by atoms with Crippen LogP contribution in [0.4, 0.5) is 5.82 Å². The number of piperidine rings is 2. The molecule has 40 heavy (non-hydrogen) atoms. The SMILES string of the molecule is C[C@@H](CCO[Si](C)(C)C(C)(C)C)n1nc(N2CCC(CN3CCC4(CCN(C)CC4)CC3)C2)c2cnc(Cl)cc21. The highest BCUT2D eigenvalue weighted by Gasteiger charge is 2.39. The lowest BCUT2D eigenvalue weighted by molar-refractivity contribution is 0.0383. The molecule has 3 fully saturated rings. The Labute approximate surface area is 248 Å². The maximum Gasteiger partial charge on any atom is 0.191 e. The van der Waals surface area contributed by atoms with Crippen molar-refractivity contribution >= 4 is 36.6 Å². The van der Waals surface area contributed by atoms with E-state index in [1.54, 1.807) is 0 Å². The zero-order valence-corrected chi connectivity index (χ0v) is 27.9. The summed E-state index contributed by atoms with van der Waals surface area (Å²) in [4.78, 5) is 12.2. The second-order valence-corrected chi connectivity index (χ2v) is 19.9. The fourth-order valence-electron chi connectivity index (χ4n) is 6.73. The van der Waals surface area contributed by atoms with Crippen LogP contribution in [0.15, 0.2) is 12.3 Å². The molecular weight excluding hydrogens is 536 g/mol. The maximum atomic E-state index is 6.50. The lowest BCUT2D eigenvalue weighted by Gasteiger charge is -2.46. The van der Waals surface area contributed by atoms with Crippen molar-refractivity contribution in [2.75, 3.05) is 64.4 Å². The van der Waals surface area contributed by atoms with Gasteiger partial charge in [-0.15, -0.1) is 0 Å². The van der Waals surface area contributed by atoms with Crippen molar-refractivity contribution < 1.29 is 4.43 Å². The van der Waals surface area contributed by atoms with Gasteiger partial charge < -0.3 is 19.1 Å². The van der Waals surface area contributed by atoms with Gasteiger partial charge in [-0.1, -0.05) is 32.4 Å². The first-order valence-corrected chi connectivity index (χ1v) is 19.0. The van der Waals surface area contributed by atoms with Crippen molar-refractivity contribution in [1.29, 1.82) is 0 Å². The molecule has 3 aliphatic rings. The first-order chi connectivity index (χ1) is 18.9. The summed E-state index contributed by atoms with van der Waals surface area (Å²) in [5.41, 5.74) is 1.70. The Morgan fingerprint density at radius 1 is 1.10 bits per heavy atom. The average Bonchev–Trinajstić information content (AvgIpc) is 3.51. The number of fused-ring (bicyclic) bond motifs is 1. The minimum Gasteiger partial charge on any atom is -0.417 e. The Bertz CT molecular complexity index is 1140. The lowest BCUT2D eigenvalue weighted by atomic mass is 9.71. The largest absolute Gasteiger partial charge is 0.417 e. The fraction of sp³-hybridized carbons (Fsp3) is 0.806. The Morgan fingerprint density at radius 2 is 1.77 bits per heavy atom. The molecule has 3 aliphatic heterocycles. The van der Waals surface area contributed by atoms with Crippen LogP contribution in [0.25, 0.3) is 10.9 Å². The van der Waals surface area contributed by atoms with E-state index in [-0.39, 0.29) is 11.1 Å². The summed E-state index contributed by atoms with van der Waals surface area (Å²) in [7, 11) is 0.507. The standard InChI is InChI=1S/C31H53ClN6OSi/c1-24(9-19-39-40(6,7)30(2,3)4)38-27-20-28(32)33-21-26(27)29(34-38)37-14-8-25(23-37)22-36-17-12-31(13-18-36)10-15-35(5)16-11-31/h20-21,24-25H,8-19,22-23H2,1-7H3/t24-,25?/m0/s1. The van der Waals surface area contributed by atoms with E-state index in [0.29, 0.717) is 16.5 Å². The summed E-state index contributed by atoms with van der Waals surface area (Å²) < 4.78 is 8.67. The normalized spacial score (nSPS) is 23.9. The van der Waals surface area contributed by atoms with Crippen molar-refractivity contribution in [3.63, 3.8) is 0 Å². The molecule has 0 bridgehead atoms. The first kappa shape index (κ1) is 30.3. The number of likely N-dealkylation sites (tertiary alicyclic amines) is 2. The van der Waals surface area contributed by atoms with E-state index in [2.05, 4.69) is 72.2 Å². The van der Waals surface area contributed by atoms with Crippen LogP contribution in [0.3, 0.4) is 0 Å². The van der Waals surface area contributed by atoms with Gasteiger partial charge in [0.1, 0.15) is 5.15 Å². The Kier molecular flexibility index (Phi) is 8.95. The molecule has 0 saturated carbocycles. The zero-order valence-electron chi connectivity index (χ0n) is 26.2. The number of hydrogen-bond acceptors (Lipinski definition) is 6. The van der Waals surface area contributed by atoms with Crippen LogP contribution in [-0.2, 0) is 4.43 Å². The molecule has 5 rings (SSSR count). The number of aromatic nitrogens is 3. The zero-order chi connectivity index (χ0) is 28.7. The van der Waals surface area contributed by atoms with Crippen LogP contribution >= 0.6 is 11.6 Å². The lowest BCUT2D eigenvalue weighted by Crippen LogP contribution is -2.47. The molecule has 0 amide bonds. The van der Waals surface area contributed by atoms with Gasteiger partial charge >= 0.3 is 0 Å². The minimum atomic E-state index is -1.77. The molecule has 3 saturated heterocycles. The van der Waals surface area contributed by atoms with Crippen LogP contribution in [0.5, 0.6) is 0 Å². The van der Waals surface area contributed by atoms with E-state index >= 15 is 0 Å². The van der Waals surface area contributed by atoms with Gasteiger partial charge in [-0.25, -0.2) is 4.98 Å². The average molecular weight is 589 g/mol. The van der Waals surface area contributed by atoms with Gasteiger partial charge in [-0.05, 0) is 108 Å². The molecule has 7 nitrogen and oxygen atoms in total. The molecule has 9 heteroatoms. The summed E-state index contributed by atoms with van der Waals surface area (Å²) in [5, 5.41) is 7.06. The molecular formula is C31H53ClN6OSi. The summed E-state index contributed by atoms with van der Waals surface area (Å²) >= 11 is 6.38. The fourth-order valence-corrected chi connectivity index (χ4v) is 7.94. The van der Waals surface area contributed by atoms with Crippen molar-refractivity contribution in [2.24, 2.45) is 11.3 Å². The Hall–Kier alpha value is -1.19. The Morgan fingerprint density at radius 3 is 2.45 bits per heavy atom. The number of halogens is 1. The first-order valence-electron chi connectivity index (χ1n) is 15.7. The quantitative estimate of drug-likeness (QED) is 0.253. The Balaban J connectivity index is 1.21. The number of rotatable bonds is 8. The predicted octanol–water partition coefficient (Wildman–Crippen LogP) is 6.69. The van der Waals surface area contributed by atoms with Crippen LogP contribution in [0.2, 0.25) is 23.3 Å². The predicted molar refractivity (Wildman–Crippen MR) is 170 cm³/mol. The van der Waals surface area contributed by atoms with Crippen molar-refractivity contribution in [1.82, 2.24) is 24.6 Å². The number of pyridine rings is 1. The van der Waals surface area contributed by atoms with Crippen molar-refractivity contribution in [2.45, 2.75) is 90.4 Å². The molecule has 0 radical (unpaired) electrons. The second kappa shape index (κ2) is 11.8. The van der Waals surface area contributed by atoms with Gasteiger partial charge in [0.2, 0.25) is 0 Å². The van der Waals surface area contributed by atoms with Crippen LogP contribution < -0.4 is 4.90 Å². The van der Waals surface area contributed by atoms with Gasteiger partial charge in [0.05, 0.1) is 16.9 Å². The molecule has 0 aliphatic carbocycles. The monoisotopic (exact) mass is 588 g/mol. The van der Waals surface area contributed by atoms with E-state index in [1.165, 1.54) is 64.8 Å². The maximum absolute atomic E-state index is 6.50. The number of anilines is 1. The van der Waals surface area contributed by atoms with Crippen LogP contribution in [0, 0.1) is 11.3 Å². The third-order valence-corrected chi connectivity index (χ3v) is 15.6. The molecule has 0 N–H and O–H groups in total. The van der Waals surface area contributed by atoms with E-state index < -0.39 is 8.32 Å². The molecule has 2 aromatic rings. The second-order valence-electron chi connectivity index (χ2n) is 14.7. The van der Waals surface area contributed by atoms with Gasteiger partial charge in [-0.3, -0.25) is 4.68 Å². The highest BCUT2D eigenvalue weighted by Crippen LogP contribution is 2.42. The smallest absolute Gasteiger partial charge is 0.191 e. The van der Waals surface area contributed by atoms with Gasteiger partial charge in [0.15, 0.2) is 14.1 Å². The molecule has 224 valence electrons. The molecule has 0 aromatic carbocycles. The van der Waals surface area contributed by atoms with E-state index in [0.717, 1.165) is 42.8 Å². The molecule has 2 aromatic heterocycles. The highest BCUT2D eigenvalue weighted by molar-refractivity contribution is 6.74. The topological polar surface area (TPSA) is 49.7 Å². The van der Waals surface area contributed by atoms with E-state index in [9.17, 15) is 0 Å². The van der Waals surface area contributed by atoms with Gasteiger partial charge in [0, 0.05) is 38.5 Å². The summed E-state index contributed by atoms with van der Waals surface area (Å²) in [6.45, 7) is 23.0. The minimum absolute atomic E-state index is 0.218. The van der Waals surface area contributed by atoms with E-state index in [4.69, 9.17) is 21.1 Å². The van der Waals surface area contributed by atoms with Crippen molar-refractivity contribution in [3.8, 4) is 0 Å². The number of hydrogen-bond donors (Lipinski definition) is 0. The third-order valence-electron chi connectivity index (χ3n) is 10.8. The van der Waals surface area contributed by atoms with Crippen molar-refractivity contribution in [3.05, 3.63) is 17.4 Å². The molecule has 2 atom stereocenters.